The van der Waals surface area contributed by atoms with Gasteiger partial charge in [-0.05, 0) is 152 Å². The fraction of sp³-hybridized carbons (Fsp3) is 0.284. The van der Waals surface area contributed by atoms with Crippen LogP contribution in [0.3, 0.4) is 0 Å². The maximum Gasteiger partial charge on any atom is 0.311 e. The summed E-state index contributed by atoms with van der Waals surface area (Å²) >= 11 is 24.1. The lowest BCUT2D eigenvalue weighted by molar-refractivity contribution is -0.150. The van der Waals surface area contributed by atoms with Crippen LogP contribution in [0.4, 0.5) is 0 Å². The largest absolute Gasteiger partial charge is 0.457 e. The summed E-state index contributed by atoms with van der Waals surface area (Å²) in [5, 5.41) is 29.3. The van der Waals surface area contributed by atoms with Crippen LogP contribution in [0.15, 0.2) is 195 Å². The number of esters is 3. The van der Waals surface area contributed by atoms with Crippen molar-refractivity contribution in [2.45, 2.75) is 66.8 Å². The molecule has 0 amide bonds. The quantitative estimate of drug-likeness (QED) is 0.0588. The number of rotatable bonds is 18. The van der Waals surface area contributed by atoms with E-state index in [9.17, 15) is 30.2 Å². The minimum atomic E-state index is -1.03. The summed E-state index contributed by atoms with van der Waals surface area (Å²) < 4.78 is 34.9. The Balaban J connectivity index is 0.000000181. The summed E-state index contributed by atoms with van der Waals surface area (Å²) in [6, 6.07) is 55.2. The zero-order valence-corrected chi connectivity index (χ0v) is 52.4. The number of halogens is 5. The van der Waals surface area contributed by atoms with Crippen LogP contribution >= 0.6 is 66.7 Å². The number of benzene rings is 6. The molecule has 0 bridgehead atoms. The molecular formula is C67H60Br2Cl3N3O9. The van der Waals surface area contributed by atoms with Crippen LogP contribution in [0.5, 0.6) is 34.5 Å². The highest BCUT2D eigenvalue weighted by Crippen LogP contribution is 2.62. The number of ether oxygens (including phenoxy) is 6. The molecule has 0 saturated heterocycles. The van der Waals surface area contributed by atoms with Crippen molar-refractivity contribution in [1.82, 2.24) is 0 Å². The third-order valence-corrected chi connectivity index (χ3v) is 15.9. The molecule has 3 aliphatic rings. The number of hydrogen-bond donors (Lipinski definition) is 0. The zero-order valence-electron chi connectivity index (χ0n) is 46.9. The van der Waals surface area contributed by atoms with Crippen LogP contribution in [0.25, 0.3) is 0 Å². The Morgan fingerprint density at radius 2 is 0.714 bits per heavy atom. The second kappa shape index (κ2) is 28.5. The number of nitriles is 3. The van der Waals surface area contributed by atoms with Crippen LogP contribution in [0, 0.1) is 85.7 Å². The molecule has 9 unspecified atom stereocenters. The van der Waals surface area contributed by atoms with Gasteiger partial charge in [-0.25, -0.2) is 0 Å². The number of hydrogen-bond acceptors (Lipinski definition) is 12. The van der Waals surface area contributed by atoms with Crippen molar-refractivity contribution < 1.29 is 42.8 Å². The highest BCUT2D eigenvalue weighted by molar-refractivity contribution is 9.28. The van der Waals surface area contributed by atoms with Gasteiger partial charge in [0.05, 0.1) is 21.1 Å². The molecule has 0 aromatic heterocycles. The normalized spacial score (nSPS) is 20.7. The monoisotopic (exact) mass is 1310 g/mol. The van der Waals surface area contributed by atoms with Crippen molar-refractivity contribution >= 4 is 84.6 Å². The van der Waals surface area contributed by atoms with Gasteiger partial charge in [0.1, 0.15) is 57.2 Å². The first kappa shape index (κ1) is 64.2. The van der Waals surface area contributed by atoms with Crippen LogP contribution in [-0.2, 0) is 28.6 Å². The summed E-state index contributed by atoms with van der Waals surface area (Å²) in [6.07, 6.45) is 2.46. The fourth-order valence-corrected chi connectivity index (χ4v) is 11.0. The predicted octanol–water partition coefficient (Wildman–Crippen LogP) is 18.7. The topological polar surface area (TPSA) is 178 Å². The van der Waals surface area contributed by atoms with Crippen LogP contribution in [0.2, 0.25) is 0 Å². The molecular weight excluding hydrogens is 1260 g/mol. The van der Waals surface area contributed by atoms with E-state index >= 15 is 0 Å². The van der Waals surface area contributed by atoms with E-state index in [1.54, 1.807) is 85.8 Å². The molecule has 0 aliphatic heterocycles. The molecule has 9 atom stereocenters. The molecule has 0 N–H and O–H groups in total. The molecule has 84 heavy (non-hydrogen) atoms. The van der Waals surface area contributed by atoms with Gasteiger partial charge in [-0.1, -0.05) is 179 Å². The number of carbonyl (C=O) groups is 3. The third kappa shape index (κ3) is 16.9. The number of nitrogens with zero attached hydrogens (tertiary/aromatic N) is 3. The van der Waals surface area contributed by atoms with E-state index in [0.29, 0.717) is 56.2 Å². The van der Waals surface area contributed by atoms with Gasteiger partial charge in [0, 0.05) is 21.7 Å². The Morgan fingerprint density at radius 1 is 0.440 bits per heavy atom. The lowest BCUT2D eigenvalue weighted by Gasteiger charge is -2.13. The standard InChI is InChI=1S/C23H22ClNO3.C22H19Br2NO3.C22H19Cl2NO3/c1-15(24)12-19-21(23(19,2)3)22(26)28-20(14-25)16-8-7-11-18(13-16)27-17-9-5-4-6-10-17;2*1-22(2)17(12-19(23)24)20(22)21(26)28-18(13-25)14-7-6-10-16(11-14)27-15-8-4-3-5-9-15/h4-13,19-21H,1-3H3;2*3-12,17-18,20H,1-2H3/b15-12-;;. The Hall–Kier alpha value is -7.35. The summed E-state index contributed by atoms with van der Waals surface area (Å²) in [5.41, 5.74) is 0.947. The minimum absolute atomic E-state index is 0.0181. The molecule has 0 spiro atoms. The van der Waals surface area contributed by atoms with E-state index < -0.39 is 24.3 Å². The molecule has 3 aliphatic carbocycles. The number of para-hydroxylation sites is 3. The molecule has 12 nitrogen and oxygen atoms in total. The summed E-state index contributed by atoms with van der Waals surface area (Å²) in [4.78, 5) is 37.9. The van der Waals surface area contributed by atoms with E-state index in [4.69, 9.17) is 63.2 Å². The molecule has 3 saturated carbocycles. The molecule has 6 aromatic carbocycles. The van der Waals surface area contributed by atoms with Crippen LogP contribution in [-0.4, -0.2) is 17.9 Å². The predicted molar refractivity (Wildman–Crippen MR) is 330 cm³/mol. The SMILES string of the molecule is C/C(Cl)=C/C1C(C(=O)OC(C#N)c2cccc(Oc3ccccc3)c2)C1(C)C.CC1(C)C(C=C(Br)Br)C1C(=O)OC(C#N)c1cccc(Oc2ccccc2)c1.CC1(C)C(C=C(Cl)Cl)C1C(=O)OC(C#N)c1cccc(Oc2ccccc2)c1. The smallest absolute Gasteiger partial charge is 0.311 e. The fourth-order valence-electron chi connectivity index (χ4n) is 10.0. The lowest BCUT2D eigenvalue weighted by atomic mass is 10.1. The molecule has 17 heteroatoms. The molecule has 9 rings (SSSR count). The minimum Gasteiger partial charge on any atom is -0.457 e. The van der Waals surface area contributed by atoms with Gasteiger partial charge in [-0.3, -0.25) is 14.4 Å². The highest BCUT2D eigenvalue weighted by Gasteiger charge is 2.63. The second-order valence-corrected chi connectivity index (χ2v) is 26.3. The van der Waals surface area contributed by atoms with Gasteiger partial charge in [0.2, 0.25) is 18.3 Å². The average Bonchev–Trinajstić information content (AvgIpc) is 1.79. The Bertz CT molecular complexity index is 3160. The first-order valence-corrected chi connectivity index (χ1v) is 29.4. The van der Waals surface area contributed by atoms with Gasteiger partial charge in [-0.15, -0.1) is 0 Å². The van der Waals surface area contributed by atoms with Crippen LogP contribution in [0.1, 0.15) is 83.5 Å². The van der Waals surface area contributed by atoms with Crippen molar-refractivity contribution in [3.63, 3.8) is 0 Å². The summed E-state index contributed by atoms with van der Waals surface area (Å²) in [6.45, 7) is 13.7. The third-order valence-electron chi connectivity index (χ3n) is 15.0. The van der Waals surface area contributed by atoms with Crippen molar-refractivity contribution in [3.8, 4) is 52.7 Å². The summed E-state index contributed by atoms with van der Waals surface area (Å²) in [7, 11) is 0. The van der Waals surface area contributed by atoms with E-state index in [2.05, 4.69) is 44.0 Å². The van der Waals surface area contributed by atoms with Gasteiger partial charge in [-0.2, -0.15) is 15.8 Å². The average molecular weight is 1320 g/mol. The van der Waals surface area contributed by atoms with Gasteiger partial charge >= 0.3 is 17.9 Å². The summed E-state index contributed by atoms with van der Waals surface area (Å²) in [5.74, 6) is 1.57. The molecule has 432 valence electrons. The maximum atomic E-state index is 12.7. The van der Waals surface area contributed by atoms with E-state index in [1.165, 1.54) is 0 Å². The van der Waals surface area contributed by atoms with Crippen molar-refractivity contribution in [3.05, 3.63) is 212 Å². The van der Waals surface area contributed by atoms with Crippen LogP contribution < -0.4 is 14.2 Å². The Morgan fingerprint density at radius 3 is 0.976 bits per heavy atom. The van der Waals surface area contributed by atoms with E-state index in [0.717, 1.165) is 3.39 Å². The number of carbonyl (C=O) groups excluding carboxylic acids is 3. The van der Waals surface area contributed by atoms with E-state index in [-0.39, 0.29) is 68.2 Å². The Kier molecular flexibility index (Phi) is 21.8. The number of allylic oxidation sites excluding steroid dienone is 4. The maximum absolute atomic E-state index is 12.7. The van der Waals surface area contributed by atoms with Gasteiger partial charge < -0.3 is 28.4 Å². The first-order chi connectivity index (χ1) is 40.0. The highest BCUT2D eigenvalue weighted by atomic mass is 79.9. The van der Waals surface area contributed by atoms with Crippen molar-refractivity contribution in [2.75, 3.05) is 0 Å². The van der Waals surface area contributed by atoms with Gasteiger partial charge in [0.25, 0.3) is 0 Å². The Labute approximate surface area is 522 Å². The van der Waals surface area contributed by atoms with Crippen molar-refractivity contribution in [1.29, 1.82) is 15.8 Å². The van der Waals surface area contributed by atoms with Crippen molar-refractivity contribution in [2.24, 2.45) is 51.8 Å². The lowest BCUT2D eigenvalue weighted by Crippen LogP contribution is -2.14. The molecule has 6 aromatic rings. The first-order valence-electron chi connectivity index (χ1n) is 26.7. The molecule has 0 heterocycles. The molecule has 0 radical (unpaired) electrons. The molecule has 3 fully saturated rings. The second-order valence-electron chi connectivity index (χ2n) is 21.9. The van der Waals surface area contributed by atoms with Gasteiger partial charge in [0.15, 0.2) is 0 Å². The zero-order chi connectivity index (χ0) is 60.9. The van der Waals surface area contributed by atoms with E-state index in [1.807, 2.05) is 151 Å².